The van der Waals surface area contributed by atoms with Crippen molar-refractivity contribution in [2.24, 2.45) is 5.92 Å². The minimum atomic E-state index is -1.28. The van der Waals surface area contributed by atoms with Crippen LogP contribution in [0.5, 0.6) is 0 Å². The van der Waals surface area contributed by atoms with Crippen LogP contribution < -0.4 is 0 Å². The molecule has 5 atom stereocenters. The van der Waals surface area contributed by atoms with Crippen LogP contribution in [0.2, 0.25) is 0 Å². The van der Waals surface area contributed by atoms with Crippen LogP contribution in [-0.2, 0) is 9.47 Å². The molecule has 0 spiro atoms. The van der Waals surface area contributed by atoms with Crippen molar-refractivity contribution in [3.8, 4) is 0 Å². The van der Waals surface area contributed by atoms with Crippen LogP contribution in [0.3, 0.4) is 0 Å². The number of hydrogen-bond acceptors (Lipinski definition) is 5. The quantitative estimate of drug-likeness (QED) is 0.459. The highest BCUT2D eigenvalue weighted by Crippen LogP contribution is 2.27. The second-order valence-corrected chi connectivity index (χ2v) is 9.35. The van der Waals surface area contributed by atoms with Crippen LogP contribution in [0.4, 0.5) is 0 Å². The maximum atomic E-state index is 10.1. The Morgan fingerprint density at radius 1 is 1.10 bits per heavy atom. The van der Waals surface area contributed by atoms with Crippen molar-refractivity contribution in [3.63, 3.8) is 0 Å². The second kappa shape index (κ2) is 11.4. The van der Waals surface area contributed by atoms with Gasteiger partial charge in [0.25, 0.3) is 0 Å². The maximum absolute atomic E-state index is 10.1. The first kappa shape index (κ1) is 25.0. The van der Waals surface area contributed by atoms with E-state index in [1.165, 1.54) is 16.7 Å². The first-order valence-corrected chi connectivity index (χ1v) is 11.1. The van der Waals surface area contributed by atoms with Gasteiger partial charge in [-0.1, -0.05) is 47.1 Å². The van der Waals surface area contributed by atoms with Gasteiger partial charge in [-0.25, -0.2) is 0 Å². The number of aliphatic hydroxyl groups excluding tert-OH is 3. The summed E-state index contributed by atoms with van der Waals surface area (Å²) in [6.07, 6.45) is 11.8. The van der Waals surface area contributed by atoms with Crippen molar-refractivity contribution in [2.45, 2.75) is 96.9 Å². The molecule has 5 nitrogen and oxygen atoms in total. The molecule has 0 aromatic heterocycles. The van der Waals surface area contributed by atoms with E-state index in [9.17, 15) is 15.3 Å². The largest absolute Gasteiger partial charge is 0.388 e. The molecule has 2 rings (SSSR count). The van der Waals surface area contributed by atoms with E-state index in [1.807, 2.05) is 26.0 Å². The maximum Gasteiger partial charge on any atom is 0.187 e. The number of hydrogen-bond donors (Lipinski definition) is 3. The Bertz CT molecular complexity index is 673. The summed E-state index contributed by atoms with van der Waals surface area (Å²) < 4.78 is 11.2. The van der Waals surface area contributed by atoms with E-state index in [-0.39, 0.29) is 6.61 Å². The van der Waals surface area contributed by atoms with Gasteiger partial charge >= 0.3 is 0 Å². The molecule has 0 aromatic rings. The van der Waals surface area contributed by atoms with E-state index in [4.69, 9.17) is 9.47 Å². The molecule has 0 aromatic carbocycles. The minimum Gasteiger partial charge on any atom is -0.388 e. The Labute approximate surface area is 181 Å². The Hall–Kier alpha value is -1.24. The molecule has 1 saturated heterocycles. The fourth-order valence-corrected chi connectivity index (χ4v) is 3.82. The van der Waals surface area contributed by atoms with Crippen molar-refractivity contribution in [1.29, 1.82) is 0 Å². The van der Waals surface area contributed by atoms with Crippen LogP contribution in [0.25, 0.3) is 0 Å². The highest BCUT2D eigenvalue weighted by Gasteiger charge is 2.40. The van der Waals surface area contributed by atoms with Crippen molar-refractivity contribution in [3.05, 3.63) is 47.1 Å². The summed E-state index contributed by atoms with van der Waals surface area (Å²) >= 11 is 0. The average molecular weight is 421 g/mol. The van der Waals surface area contributed by atoms with Gasteiger partial charge in [-0.3, -0.25) is 0 Å². The molecule has 0 bridgehead atoms. The smallest absolute Gasteiger partial charge is 0.187 e. The van der Waals surface area contributed by atoms with Gasteiger partial charge in [0.05, 0.1) is 12.2 Å². The van der Waals surface area contributed by atoms with Crippen LogP contribution in [-0.4, -0.2) is 52.1 Å². The van der Waals surface area contributed by atoms with Crippen LogP contribution in [0.15, 0.2) is 47.1 Å². The van der Waals surface area contributed by atoms with Gasteiger partial charge in [-0.15, -0.1) is 0 Å². The van der Waals surface area contributed by atoms with Gasteiger partial charge in [-0.2, -0.15) is 0 Å². The third kappa shape index (κ3) is 7.78. The first-order chi connectivity index (χ1) is 14.1. The molecule has 0 saturated carbocycles. The second-order valence-electron chi connectivity index (χ2n) is 9.35. The lowest BCUT2D eigenvalue weighted by Gasteiger charge is -2.38. The topological polar surface area (TPSA) is 79.2 Å². The summed E-state index contributed by atoms with van der Waals surface area (Å²) in [4.78, 5) is 0. The fraction of sp³-hybridized carbons (Fsp3) is 0.680. The lowest BCUT2D eigenvalue weighted by Crippen LogP contribution is -2.55. The van der Waals surface area contributed by atoms with Crippen molar-refractivity contribution >= 4 is 0 Å². The molecule has 1 aliphatic carbocycles. The number of ether oxygens (including phenoxy) is 2. The molecule has 1 heterocycles. The zero-order chi connectivity index (χ0) is 22.3. The van der Waals surface area contributed by atoms with Crippen LogP contribution >= 0.6 is 0 Å². The lowest BCUT2D eigenvalue weighted by atomic mass is 9.88. The minimum absolute atomic E-state index is 0.0653. The van der Waals surface area contributed by atoms with Crippen molar-refractivity contribution in [1.82, 2.24) is 0 Å². The Morgan fingerprint density at radius 2 is 1.80 bits per heavy atom. The molecule has 30 heavy (non-hydrogen) atoms. The van der Waals surface area contributed by atoms with E-state index in [1.54, 1.807) is 0 Å². The summed E-state index contributed by atoms with van der Waals surface area (Å²) in [5.74, 6) is 0.509. The Morgan fingerprint density at radius 3 is 2.53 bits per heavy atom. The van der Waals surface area contributed by atoms with E-state index >= 15 is 0 Å². The molecular formula is C25H40O5. The Kier molecular flexibility index (Phi) is 9.51. The third-order valence-corrected chi connectivity index (χ3v) is 6.04. The number of allylic oxidation sites excluding steroid dienone is 7. The molecular weight excluding hydrogens is 380 g/mol. The molecule has 0 radical (unpaired) electrons. The highest BCUT2D eigenvalue weighted by molar-refractivity contribution is 5.18. The van der Waals surface area contributed by atoms with Gasteiger partial charge in [-0.05, 0) is 72.6 Å². The van der Waals surface area contributed by atoms with Gasteiger partial charge in [0, 0.05) is 0 Å². The summed E-state index contributed by atoms with van der Waals surface area (Å²) in [6.45, 7) is 10.3. The Balaban J connectivity index is 2.00. The third-order valence-electron chi connectivity index (χ3n) is 6.04. The van der Waals surface area contributed by atoms with Gasteiger partial charge in [0.1, 0.15) is 18.3 Å². The zero-order valence-electron chi connectivity index (χ0n) is 19.2. The first-order valence-electron chi connectivity index (χ1n) is 11.1. The standard InChI is InChI=1S/C25H40O5/c1-17-8-6-9-18(2)12-14-20(13-11-17)19(3)10-7-15-25(4,5)30-24-23(28)22(27)21(26)16-29-24/h7-8,10,12,15,20-24,26-28H,6,9,11,13-14,16H2,1-5H3/b15-7+,17-8+,18-12+,19-10+/t20-,21+,22+,23-,24+/m0/s1. The molecule has 2 aliphatic rings. The van der Waals surface area contributed by atoms with E-state index in [0.29, 0.717) is 5.92 Å². The summed E-state index contributed by atoms with van der Waals surface area (Å²) in [7, 11) is 0. The summed E-state index contributed by atoms with van der Waals surface area (Å²) in [5.41, 5.74) is 3.58. The van der Waals surface area contributed by atoms with Gasteiger partial charge in [0.15, 0.2) is 6.29 Å². The van der Waals surface area contributed by atoms with E-state index in [0.717, 1.165) is 32.1 Å². The van der Waals surface area contributed by atoms with Crippen LogP contribution in [0, 0.1) is 5.92 Å². The van der Waals surface area contributed by atoms with E-state index in [2.05, 4.69) is 39.0 Å². The summed E-state index contributed by atoms with van der Waals surface area (Å²) in [5, 5.41) is 29.5. The zero-order valence-corrected chi connectivity index (χ0v) is 19.2. The molecule has 0 amide bonds. The predicted molar refractivity (Wildman–Crippen MR) is 120 cm³/mol. The molecule has 170 valence electrons. The number of aliphatic hydroxyl groups is 3. The van der Waals surface area contributed by atoms with E-state index < -0.39 is 30.2 Å². The molecule has 3 N–H and O–H groups in total. The highest BCUT2D eigenvalue weighted by atomic mass is 16.7. The summed E-state index contributed by atoms with van der Waals surface area (Å²) in [6, 6.07) is 0. The molecule has 1 fully saturated rings. The predicted octanol–water partition coefficient (Wildman–Crippen LogP) is 4.20. The number of rotatable bonds is 5. The van der Waals surface area contributed by atoms with Crippen molar-refractivity contribution < 1.29 is 24.8 Å². The monoisotopic (exact) mass is 420 g/mol. The molecule has 1 aliphatic heterocycles. The lowest BCUT2D eigenvalue weighted by molar-refractivity contribution is -0.289. The van der Waals surface area contributed by atoms with Gasteiger partial charge < -0.3 is 24.8 Å². The fourth-order valence-electron chi connectivity index (χ4n) is 3.82. The molecule has 5 heteroatoms. The van der Waals surface area contributed by atoms with Crippen LogP contribution in [0.1, 0.15) is 66.7 Å². The average Bonchev–Trinajstić information content (AvgIpc) is 2.68. The van der Waals surface area contributed by atoms with Gasteiger partial charge in [0.2, 0.25) is 0 Å². The normalized spacial score (nSPS) is 36.1. The SMILES string of the molecule is C/C1=C\C[C@@H](/C(C)=C/C=C/C(C)(C)O[C@H]2OC[C@@H](O)[C@@H](O)[C@@H]2O)CC/C(C)=C/CC1. The van der Waals surface area contributed by atoms with Crippen molar-refractivity contribution in [2.75, 3.05) is 6.61 Å². The molecule has 0 unspecified atom stereocenters.